The van der Waals surface area contributed by atoms with Crippen molar-refractivity contribution in [1.29, 1.82) is 0 Å². The molecule has 1 unspecified atom stereocenters. The van der Waals surface area contributed by atoms with Gasteiger partial charge in [0.25, 0.3) is 0 Å². The van der Waals surface area contributed by atoms with Gasteiger partial charge in [-0.15, -0.1) is 0 Å². The van der Waals surface area contributed by atoms with Crippen molar-refractivity contribution >= 4 is 19.2 Å². The highest BCUT2D eigenvalue weighted by atomic mass is 31.1. The van der Waals surface area contributed by atoms with E-state index in [-0.39, 0.29) is 0 Å². The highest BCUT2D eigenvalue weighted by Crippen LogP contribution is 2.24. The van der Waals surface area contributed by atoms with Crippen LogP contribution in [-0.2, 0) is 13.1 Å². The van der Waals surface area contributed by atoms with Crippen LogP contribution in [0.5, 0.6) is 5.75 Å². The highest BCUT2D eigenvalue weighted by Gasteiger charge is 2.08. The molecule has 1 N–H and O–H groups in total. The van der Waals surface area contributed by atoms with Gasteiger partial charge >= 0.3 is 0 Å². The van der Waals surface area contributed by atoms with Crippen LogP contribution in [0.15, 0.2) is 60.8 Å². The normalized spacial score (nSPS) is 11.2. The average molecular weight is 364 g/mol. The lowest BCUT2D eigenvalue weighted by Crippen LogP contribution is -2.19. The fourth-order valence-electron chi connectivity index (χ4n) is 3.12. The van der Waals surface area contributed by atoms with Gasteiger partial charge in [-0.2, -0.15) is 0 Å². The van der Waals surface area contributed by atoms with E-state index in [2.05, 4.69) is 60.5 Å². The number of benzene rings is 2. The second-order valence-electron chi connectivity index (χ2n) is 6.35. The highest BCUT2D eigenvalue weighted by molar-refractivity contribution is 7.55. The van der Waals surface area contributed by atoms with Crippen LogP contribution >= 0.6 is 8.58 Å². The smallest absolute Gasteiger partial charge is 0.124 e. The number of hydrogen-bond donors (Lipinski definition) is 1. The van der Waals surface area contributed by atoms with Gasteiger partial charge in [0.2, 0.25) is 0 Å². The number of rotatable bonds is 7. The zero-order valence-corrected chi connectivity index (χ0v) is 16.5. The average Bonchev–Trinajstić information content (AvgIpc) is 2.64. The molecular weight excluding hydrogens is 339 g/mol. The Kier molecular flexibility index (Phi) is 6.38. The van der Waals surface area contributed by atoms with Gasteiger partial charge in [0.05, 0.1) is 12.8 Å². The third-order valence-corrected chi connectivity index (χ3v) is 5.64. The van der Waals surface area contributed by atoms with Crippen molar-refractivity contribution in [2.45, 2.75) is 26.9 Å². The van der Waals surface area contributed by atoms with Gasteiger partial charge in [0, 0.05) is 19.3 Å². The van der Waals surface area contributed by atoms with E-state index in [9.17, 15) is 0 Å². The largest absolute Gasteiger partial charge is 0.496 e. The number of aromatic nitrogens is 1. The van der Waals surface area contributed by atoms with E-state index in [0.29, 0.717) is 8.58 Å². The van der Waals surface area contributed by atoms with E-state index < -0.39 is 0 Å². The minimum atomic E-state index is 0.633. The van der Waals surface area contributed by atoms with Crippen LogP contribution in [0.4, 0.5) is 0 Å². The molecule has 1 atom stereocenters. The predicted molar refractivity (Wildman–Crippen MR) is 111 cm³/mol. The summed E-state index contributed by atoms with van der Waals surface area (Å²) in [6.07, 6.45) is 1.83. The Morgan fingerprint density at radius 3 is 2.38 bits per heavy atom. The Morgan fingerprint density at radius 1 is 0.962 bits per heavy atom. The number of ether oxygens (including phenoxy) is 1. The zero-order valence-electron chi connectivity index (χ0n) is 15.5. The molecule has 0 saturated heterocycles. The van der Waals surface area contributed by atoms with Gasteiger partial charge in [0.15, 0.2) is 0 Å². The molecule has 3 nitrogen and oxygen atoms in total. The molecule has 0 bridgehead atoms. The van der Waals surface area contributed by atoms with Crippen LogP contribution < -0.4 is 20.7 Å². The summed E-state index contributed by atoms with van der Waals surface area (Å²) in [6, 6.07) is 19.1. The van der Waals surface area contributed by atoms with Gasteiger partial charge in [-0.25, -0.2) is 0 Å². The fraction of sp³-hybridized carbons (Fsp3) is 0.227. The second kappa shape index (κ2) is 8.93. The maximum atomic E-state index is 5.49. The molecule has 3 rings (SSSR count). The molecule has 0 aliphatic rings. The van der Waals surface area contributed by atoms with Crippen LogP contribution in [0.25, 0.3) is 0 Å². The standard InChI is InChI=1S/C22H25N2OP/c1-16-12-20(13-17(2)22(16)25-3)26-21-10-5-4-8-18(21)14-23-15-19-9-6-7-11-24-19/h4-13,23,26H,14-15H2,1-3H3. The van der Waals surface area contributed by atoms with Crippen molar-refractivity contribution in [3.05, 3.63) is 83.2 Å². The van der Waals surface area contributed by atoms with Crippen molar-refractivity contribution in [3.8, 4) is 5.75 Å². The molecule has 3 aromatic rings. The Balaban J connectivity index is 1.71. The first-order valence-corrected chi connectivity index (χ1v) is 9.78. The number of hydrogen-bond acceptors (Lipinski definition) is 3. The predicted octanol–water partition coefficient (Wildman–Crippen LogP) is 3.63. The Labute approximate surface area is 157 Å². The van der Waals surface area contributed by atoms with Crippen LogP contribution in [0.2, 0.25) is 0 Å². The maximum Gasteiger partial charge on any atom is 0.124 e. The van der Waals surface area contributed by atoms with E-state index in [1.54, 1.807) is 7.11 Å². The van der Waals surface area contributed by atoms with Gasteiger partial charge in [-0.3, -0.25) is 4.98 Å². The summed E-state index contributed by atoms with van der Waals surface area (Å²) in [5, 5.41) is 6.23. The molecule has 4 heteroatoms. The Bertz CT molecular complexity index is 842. The molecule has 0 aliphatic heterocycles. The summed E-state index contributed by atoms with van der Waals surface area (Å²) in [6.45, 7) is 5.84. The summed E-state index contributed by atoms with van der Waals surface area (Å²) >= 11 is 0. The van der Waals surface area contributed by atoms with Crippen molar-refractivity contribution in [1.82, 2.24) is 10.3 Å². The summed E-state index contributed by atoms with van der Waals surface area (Å²) < 4.78 is 5.49. The lowest BCUT2D eigenvalue weighted by molar-refractivity contribution is 0.409. The Morgan fingerprint density at radius 2 is 1.69 bits per heavy atom. The van der Waals surface area contributed by atoms with E-state index in [0.717, 1.165) is 24.5 Å². The summed E-state index contributed by atoms with van der Waals surface area (Å²) in [4.78, 5) is 4.36. The summed E-state index contributed by atoms with van der Waals surface area (Å²) in [7, 11) is 2.37. The van der Waals surface area contributed by atoms with Crippen LogP contribution in [0.3, 0.4) is 0 Å². The molecule has 0 spiro atoms. The molecule has 1 aromatic heterocycles. The first-order chi connectivity index (χ1) is 12.7. The quantitative estimate of drug-likeness (QED) is 0.650. The van der Waals surface area contributed by atoms with Crippen molar-refractivity contribution in [2.75, 3.05) is 7.11 Å². The van der Waals surface area contributed by atoms with Gasteiger partial charge < -0.3 is 10.1 Å². The van der Waals surface area contributed by atoms with E-state index in [1.807, 2.05) is 24.4 Å². The molecule has 0 radical (unpaired) electrons. The molecule has 2 aromatic carbocycles. The summed E-state index contributed by atoms with van der Waals surface area (Å²) in [5.74, 6) is 0.990. The minimum absolute atomic E-state index is 0.633. The van der Waals surface area contributed by atoms with Gasteiger partial charge in [-0.1, -0.05) is 38.9 Å². The molecule has 1 heterocycles. The molecular formula is C22H25N2OP. The van der Waals surface area contributed by atoms with Crippen LogP contribution in [0.1, 0.15) is 22.4 Å². The monoisotopic (exact) mass is 364 g/mol. The van der Waals surface area contributed by atoms with Gasteiger partial charge in [0.1, 0.15) is 5.75 Å². The first-order valence-electron chi connectivity index (χ1n) is 8.78. The molecule has 0 fully saturated rings. The van der Waals surface area contributed by atoms with Crippen molar-refractivity contribution in [3.63, 3.8) is 0 Å². The fourth-order valence-corrected chi connectivity index (χ4v) is 4.52. The minimum Gasteiger partial charge on any atom is -0.496 e. The van der Waals surface area contributed by atoms with E-state index >= 15 is 0 Å². The third-order valence-electron chi connectivity index (χ3n) is 4.31. The SMILES string of the molecule is COc1c(C)cc(Pc2ccccc2CNCc2ccccn2)cc1C. The van der Waals surface area contributed by atoms with Crippen LogP contribution in [-0.4, -0.2) is 12.1 Å². The number of pyridine rings is 1. The summed E-state index contributed by atoms with van der Waals surface area (Å²) in [5.41, 5.74) is 4.79. The third kappa shape index (κ3) is 4.69. The topological polar surface area (TPSA) is 34.1 Å². The van der Waals surface area contributed by atoms with Crippen molar-refractivity contribution < 1.29 is 4.74 Å². The van der Waals surface area contributed by atoms with Crippen molar-refractivity contribution in [2.24, 2.45) is 0 Å². The van der Waals surface area contributed by atoms with E-state index in [4.69, 9.17) is 4.74 Å². The molecule has 0 aliphatic carbocycles. The van der Waals surface area contributed by atoms with E-state index in [1.165, 1.54) is 27.3 Å². The molecule has 0 saturated carbocycles. The number of nitrogens with zero attached hydrogens (tertiary/aromatic N) is 1. The lowest BCUT2D eigenvalue weighted by atomic mass is 10.1. The number of nitrogens with one attached hydrogen (secondary N) is 1. The molecule has 26 heavy (non-hydrogen) atoms. The molecule has 134 valence electrons. The van der Waals surface area contributed by atoms with Gasteiger partial charge in [-0.05, 0) is 65.4 Å². The number of aryl methyl sites for hydroxylation is 2. The Hall–Kier alpha value is -2.22. The maximum absolute atomic E-state index is 5.49. The zero-order chi connectivity index (χ0) is 18.4. The lowest BCUT2D eigenvalue weighted by Gasteiger charge is -2.14. The van der Waals surface area contributed by atoms with Crippen LogP contribution in [0, 0.1) is 13.8 Å². The second-order valence-corrected chi connectivity index (χ2v) is 7.72. The number of methoxy groups -OCH3 is 1. The molecule has 0 amide bonds. The first kappa shape index (κ1) is 18.6.